The summed E-state index contributed by atoms with van der Waals surface area (Å²) in [6, 6.07) is 6.05. The minimum Gasteiger partial charge on any atom is -0.339 e. The van der Waals surface area contributed by atoms with Gasteiger partial charge in [-0.3, -0.25) is 14.7 Å². The Morgan fingerprint density at radius 3 is 2.83 bits per heavy atom. The molecule has 1 saturated heterocycles. The molecule has 0 N–H and O–H groups in total. The smallest absolute Gasteiger partial charge is 0.236 e. The van der Waals surface area contributed by atoms with Crippen LogP contribution < -0.4 is 0 Å². The number of amides is 1. The van der Waals surface area contributed by atoms with Crippen LogP contribution in [-0.4, -0.2) is 47.4 Å². The number of aromatic nitrogens is 1. The van der Waals surface area contributed by atoms with Crippen molar-refractivity contribution in [2.75, 3.05) is 26.7 Å². The molecule has 1 aromatic rings. The third-order valence-electron chi connectivity index (χ3n) is 3.02. The summed E-state index contributed by atoms with van der Waals surface area (Å²) in [5.74, 6) is 0.123. The van der Waals surface area contributed by atoms with Gasteiger partial charge in [0, 0.05) is 32.0 Å². The Morgan fingerprint density at radius 1 is 1.56 bits per heavy atom. The number of hydrogen-bond acceptors (Lipinski definition) is 4. The van der Waals surface area contributed by atoms with Crippen LogP contribution >= 0.6 is 0 Å². The van der Waals surface area contributed by atoms with Crippen molar-refractivity contribution in [1.82, 2.24) is 14.8 Å². The first-order valence-corrected chi connectivity index (χ1v) is 5.94. The van der Waals surface area contributed by atoms with Crippen LogP contribution in [0.1, 0.15) is 5.56 Å². The molecular weight excluding hydrogens is 228 g/mol. The third-order valence-corrected chi connectivity index (χ3v) is 3.02. The number of likely N-dealkylation sites (tertiary alicyclic amines) is 1. The number of rotatable bonds is 4. The Kier molecular flexibility index (Phi) is 3.90. The van der Waals surface area contributed by atoms with E-state index >= 15 is 0 Å². The van der Waals surface area contributed by atoms with Gasteiger partial charge < -0.3 is 4.90 Å². The largest absolute Gasteiger partial charge is 0.339 e. The molecule has 0 atom stereocenters. The number of hydrogen-bond donors (Lipinski definition) is 0. The number of nitrogens with zero attached hydrogens (tertiary/aromatic N) is 4. The molecule has 1 amide bonds. The first-order valence-electron chi connectivity index (χ1n) is 5.94. The molecule has 18 heavy (non-hydrogen) atoms. The number of carbonyl (C=O) groups is 1. The second-order valence-corrected chi connectivity index (χ2v) is 4.65. The molecule has 0 spiro atoms. The van der Waals surface area contributed by atoms with Gasteiger partial charge in [0.15, 0.2) is 0 Å². The summed E-state index contributed by atoms with van der Waals surface area (Å²) >= 11 is 0. The summed E-state index contributed by atoms with van der Waals surface area (Å²) in [6.45, 7) is 2.28. The minimum atomic E-state index is 0.0273. The van der Waals surface area contributed by atoms with E-state index in [4.69, 9.17) is 5.26 Å². The highest BCUT2D eigenvalue weighted by molar-refractivity contribution is 5.79. The fourth-order valence-corrected chi connectivity index (χ4v) is 1.95. The predicted molar refractivity (Wildman–Crippen MR) is 66.3 cm³/mol. The number of pyridine rings is 1. The number of nitriles is 1. The van der Waals surface area contributed by atoms with Crippen LogP contribution in [-0.2, 0) is 11.3 Å². The maximum absolute atomic E-state index is 11.8. The Labute approximate surface area is 107 Å². The molecule has 2 rings (SSSR count). The molecule has 5 nitrogen and oxygen atoms in total. The average molecular weight is 244 g/mol. The van der Waals surface area contributed by atoms with Crippen molar-refractivity contribution in [2.24, 2.45) is 5.92 Å². The van der Waals surface area contributed by atoms with Crippen molar-refractivity contribution in [1.29, 1.82) is 5.26 Å². The molecule has 0 bridgehead atoms. The zero-order valence-corrected chi connectivity index (χ0v) is 10.4. The fourth-order valence-electron chi connectivity index (χ4n) is 1.95. The topological polar surface area (TPSA) is 60.2 Å². The highest BCUT2D eigenvalue weighted by atomic mass is 16.2. The van der Waals surface area contributed by atoms with Gasteiger partial charge in [0.05, 0.1) is 18.5 Å². The molecule has 1 aliphatic heterocycles. The SMILES string of the molecule is CN(CC(=O)N1CC(C#N)C1)Cc1ccncc1. The van der Waals surface area contributed by atoms with Gasteiger partial charge in [-0.25, -0.2) is 0 Å². The lowest BCUT2D eigenvalue weighted by Gasteiger charge is -2.36. The molecule has 0 saturated carbocycles. The van der Waals surface area contributed by atoms with Gasteiger partial charge in [-0.15, -0.1) is 0 Å². The molecule has 94 valence electrons. The lowest BCUT2D eigenvalue weighted by atomic mass is 10.0. The van der Waals surface area contributed by atoms with E-state index in [1.165, 1.54) is 0 Å². The zero-order valence-electron chi connectivity index (χ0n) is 10.4. The van der Waals surface area contributed by atoms with Gasteiger partial charge in [0.2, 0.25) is 5.91 Å². The average Bonchev–Trinajstić information content (AvgIpc) is 2.28. The van der Waals surface area contributed by atoms with E-state index in [1.54, 1.807) is 17.3 Å². The quantitative estimate of drug-likeness (QED) is 0.773. The van der Waals surface area contributed by atoms with E-state index in [1.807, 2.05) is 24.1 Å². The summed E-state index contributed by atoms with van der Waals surface area (Å²) in [7, 11) is 1.92. The molecule has 2 heterocycles. The number of carbonyl (C=O) groups excluding carboxylic acids is 1. The summed E-state index contributed by atoms with van der Waals surface area (Å²) in [6.07, 6.45) is 3.50. The Hall–Kier alpha value is -1.93. The van der Waals surface area contributed by atoms with Crippen molar-refractivity contribution in [2.45, 2.75) is 6.54 Å². The highest BCUT2D eigenvalue weighted by Crippen LogP contribution is 2.14. The first-order chi connectivity index (χ1) is 8.69. The molecule has 0 radical (unpaired) electrons. The molecule has 0 aromatic carbocycles. The van der Waals surface area contributed by atoms with Gasteiger partial charge in [-0.1, -0.05) is 0 Å². The molecule has 0 unspecified atom stereocenters. The summed E-state index contributed by atoms with van der Waals surface area (Å²) in [5.41, 5.74) is 1.14. The lowest BCUT2D eigenvalue weighted by Crippen LogP contribution is -2.52. The standard InChI is InChI=1S/C13H16N4O/c1-16(7-11-2-4-15-5-3-11)10-13(18)17-8-12(6-14)9-17/h2-5,12H,7-10H2,1H3. The molecule has 0 aliphatic carbocycles. The fraction of sp³-hybridized carbons (Fsp3) is 0.462. The second kappa shape index (κ2) is 5.61. The van der Waals surface area contributed by atoms with Gasteiger partial charge in [0.1, 0.15) is 0 Å². The summed E-state index contributed by atoms with van der Waals surface area (Å²) in [5, 5.41) is 8.66. The maximum Gasteiger partial charge on any atom is 0.236 e. The maximum atomic E-state index is 11.8. The molecule has 5 heteroatoms. The molecule has 1 aliphatic rings. The minimum absolute atomic E-state index is 0.0273. The predicted octanol–water partition coefficient (Wildman–Crippen LogP) is 0.495. The first kappa shape index (κ1) is 12.5. The number of likely N-dealkylation sites (N-methyl/N-ethyl adjacent to an activating group) is 1. The van der Waals surface area contributed by atoms with E-state index in [0.717, 1.165) is 12.1 Å². The van der Waals surface area contributed by atoms with Gasteiger partial charge >= 0.3 is 0 Å². The molecule has 1 fully saturated rings. The zero-order chi connectivity index (χ0) is 13.0. The van der Waals surface area contributed by atoms with Crippen molar-refractivity contribution in [3.05, 3.63) is 30.1 Å². The summed E-state index contributed by atoms with van der Waals surface area (Å²) < 4.78 is 0. The van der Waals surface area contributed by atoms with Crippen LogP contribution in [0.3, 0.4) is 0 Å². The Balaban J connectivity index is 1.76. The van der Waals surface area contributed by atoms with E-state index in [9.17, 15) is 4.79 Å². The van der Waals surface area contributed by atoms with Crippen LogP contribution in [0.2, 0.25) is 0 Å². The van der Waals surface area contributed by atoms with E-state index < -0.39 is 0 Å². The van der Waals surface area contributed by atoms with Crippen LogP contribution in [0.5, 0.6) is 0 Å². The van der Waals surface area contributed by atoms with Gasteiger partial charge in [-0.05, 0) is 24.7 Å². The van der Waals surface area contributed by atoms with E-state index in [2.05, 4.69) is 11.1 Å². The van der Waals surface area contributed by atoms with Crippen molar-refractivity contribution in [3.8, 4) is 6.07 Å². The van der Waals surface area contributed by atoms with Crippen LogP contribution in [0.15, 0.2) is 24.5 Å². The second-order valence-electron chi connectivity index (χ2n) is 4.65. The van der Waals surface area contributed by atoms with E-state index in [-0.39, 0.29) is 11.8 Å². The van der Waals surface area contributed by atoms with Crippen molar-refractivity contribution < 1.29 is 4.79 Å². The Morgan fingerprint density at radius 2 is 2.22 bits per heavy atom. The van der Waals surface area contributed by atoms with Gasteiger partial charge in [0.25, 0.3) is 0 Å². The van der Waals surface area contributed by atoms with Crippen LogP contribution in [0, 0.1) is 17.2 Å². The van der Waals surface area contributed by atoms with Gasteiger partial charge in [-0.2, -0.15) is 5.26 Å². The van der Waals surface area contributed by atoms with Crippen molar-refractivity contribution in [3.63, 3.8) is 0 Å². The monoisotopic (exact) mass is 244 g/mol. The lowest BCUT2D eigenvalue weighted by molar-refractivity contribution is -0.137. The Bertz CT molecular complexity index is 448. The van der Waals surface area contributed by atoms with Crippen molar-refractivity contribution >= 4 is 5.91 Å². The van der Waals surface area contributed by atoms with E-state index in [0.29, 0.717) is 19.6 Å². The molecular formula is C13H16N4O. The highest BCUT2D eigenvalue weighted by Gasteiger charge is 2.30. The normalized spacial score (nSPS) is 15.3. The van der Waals surface area contributed by atoms with Crippen LogP contribution in [0.25, 0.3) is 0 Å². The van der Waals surface area contributed by atoms with Crippen LogP contribution in [0.4, 0.5) is 0 Å². The summed E-state index contributed by atoms with van der Waals surface area (Å²) in [4.78, 5) is 19.5. The third kappa shape index (κ3) is 3.05. The molecule has 1 aromatic heterocycles.